The van der Waals surface area contributed by atoms with Gasteiger partial charge in [-0.15, -0.1) is 0 Å². The van der Waals surface area contributed by atoms with E-state index in [9.17, 15) is 4.39 Å². The number of rotatable bonds is 2. The third kappa shape index (κ3) is 2.03. The standard InChI is InChI=1S/C16H15FN2O/c1-10-6-13(15(20-3)7-11(10)2)14-9-19-8-12(17)4-5-16(19)18-14/h4-9H,1-3H3. The number of aryl methyl sites for hydroxylation is 2. The lowest BCUT2D eigenvalue weighted by molar-refractivity contribution is 0.416. The summed E-state index contributed by atoms with van der Waals surface area (Å²) in [5.41, 5.74) is 4.74. The smallest absolute Gasteiger partial charge is 0.139 e. The maximum absolute atomic E-state index is 13.2. The minimum atomic E-state index is -0.284. The number of pyridine rings is 1. The van der Waals surface area contributed by atoms with Crippen molar-refractivity contribution in [3.63, 3.8) is 0 Å². The van der Waals surface area contributed by atoms with Crippen LogP contribution in [0.5, 0.6) is 5.75 Å². The molecule has 0 radical (unpaired) electrons. The topological polar surface area (TPSA) is 26.5 Å². The Hall–Kier alpha value is -2.36. The van der Waals surface area contributed by atoms with Gasteiger partial charge >= 0.3 is 0 Å². The molecule has 0 aliphatic rings. The molecule has 0 bridgehead atoms. The van der Waals surface area contributed by atoms with E-state index in [-0.39, 0.29) is 5.82 Å². The molecule has 0 spiro atoms. The summed E-state index contributed by atoms with van der Waals surface area (Å²) >= 11 is 0. The van der Waals surface area contributed by atoms with Gasteiger partial charge in [0.25, 0.3) is 0 Å². The summed E-state index contributed by atoms with van der Waals surface area (Å²) < 4.78 is 20.3. The van der Waals surface area contributed by atoms with Crippen molar-refractivity contribution >= 4 is 5.65 Å². The molecule has 0 amide bonds. The summed E-state index contributed by atoms with van der Waals surface area (Å²) in [7, 11) is 1.64. The van der Waals surface area contributed by atoms with Crippen LogP contribution in [0.15, 0.2) is 36.7 Å². The molecule has 0 saturated heterocycles. The number of imidazole rings is 1. The number of halogens is 1. The van der Waals surface area contributed by atoms with E-state index >= 15 is 0 Å². The number of fused-ring (bicyclic) bond motifs is 1. The van der Waals surface area contributed by atoms with Gasteiger partial charge in [0.1, 0.15) is 17.2 Å². The summed E-state index contributed by atoms with van der Waals surface area (Å²) in [6.07, 6.45) is 3.23. The zero-order valence-electron chi connectivity index (χ0n) is 11.6. The van der Waals surface area contributed by atoms with E-state index in [0.717, 1.165) is 17.0 Å². The van der Waals surface area contributed by atoms with E-state index in [1.807, 2.05) is 32.2 Å². The maximum Gasteiger partial charge on any atom is 0.139 e. The number of benzene rings is 1. The predicted molar refractivity (Wildman–Crippen MR) is 76.6 cm³/mol. The first kappa shape index (κ1) is 12.7. The fourth-order valence-corrected chi connectivity index (χ4v) is 2.25. The number of methoxy groups -OCH3 is 1. The molecular formula is C16H15FN2O. The molecule has 3 rings (SSSR count). The first-order chi connectivity index (χ1) is 9.58. The van der Waals surface area contributed by atoms with E-state index in [1.54, 1.807) is 17.6 Å². The van der Waals surface area contributed by atoms with Gasteiger partial charge in [-0.1, -0.05) is 0 Å². The maximum atomic E-state index is 13.2. The molecule has 2 aromatic heterocycles. The van der Waals surface area contributed by atoms with Crippen molar-refractivity contribution in [3.8, 4) is 17.0 Å². The van der Waals surface area contributed by atoms with Crippen LogP contribution in [-0.2, 0) is 0 Å². The van der Waals surface area contributed by atoms with Crippen LogP contribution in [0.4, 0.5) is 4.39 Å². The Kier molecular flexibility index (Phi) is 2.93. The summed E-state index contributed by atoms with van der Waals surface area (Å²) in [5, 5.41) is 0. The van der Waals surface area contributed by atoms with Gasteiger partial charge in [0.2, 0.25) is 0 Å². The van der Waals surface area contributed by atoms with Crippen LogP contribution in [0.25, 0.3) is 16.9 Å². The Morgan fingerprint density at radius 3 is 2.60 bits per heavy atom. The molecule has 20 heavy (non-hydrogen) atoms. The molecule has 0 saturated carbocycles. The van der Waals surface area contributed by atoms with Crippen molar-refractivity contribution in [1.29, 1.82) is 0 Å². The van der Waals surface area contributed by atoms with Gasteiger partial charge in [-0.3, -0.25) is 0 Å². The van der Waals surface area contributed by atoms with Crippen LogP contribution in [0.2, 0.25) is 0 Å². The number of ether oxygens (including phenoxy) is 1. The van der Waals surface area contributed by atoms with E-state index in [4.69, 9.17) is 4.74 Å². The molecule has 102 valence electrons. The zero-order chi connectivity index (χ0) is 14.3. The second kappa shape index (κ2) is 4.63. The predicted octanol–water partition coefficient (Wildman–Crippen LogP) is 3.77. The third-order valence-corrected chi connectivity index (χ3v) is 3.51. The van der Waals surface area contributed by atoms with Gasteiger partial charge < -0.3 is 9.14 Å². The molecule has 3 nitrogen and oxygen atoms in total. The molecule has 2 heterocycles. The Bertz CT molecular complexity index is 793. The summed E-state index contributed by atoms with van der Waals surface area (Å²) in [6.45, 7) is 4.09. The lowest BCUT2D eigenvalue weighted by Gasteiger charge is -2.09. The molecule has 3 aromatic rings. The molecule has 0 N–H and O–H groups in total. The highest BCUT2D eigenvalue weighted by molar-refractivity contribution is 5.70. The average molecular weight is 270 g/mol. The van der Waals surface area contributed by atoms with Gasteiger partial charge in [0, 0.05) is 18.0 Å². The quantitative estimate of drug-likeness (QED) is 0.708. The third-order valence-electron chi connectivity index (χ3n) is 3.51. The van der Waals surface area contributed by atoms with Gasteiger partial charge in [-0.25, -0.2) is 9.37 Å². The largest absolute Gasteiger partial charge is 0.496 e. The lowest BCUT2D eigenvalue weighted by atomic mass is 10.0. The zero-order valence-corrected chi connectivity index (χ0v) is 11.6. The molecular weight excluding hydrogens is 255 g/mol. The van der Waals surface area contributed by atoms with E-state index in [1.165, 1.54) is 23.4 Å². The molecule has 0 aliphatic carbocycles. The first-order valence-electron chi connectivity index (χ1n) is 6.38. The van der Waals surface area contributed by atoms with Crippen LogP contribution in [0.3, 0.4) is 0 Å². The highest BCUT2D eigenvalue weighted by Gasteiger charge is 2.12. The van der Waals surface area contributed by atoms with Gasteiger partial charge in [0.15, 0.2) is 0 Å². The fraction of sp³-hybridized carbons (Fsp3) is 0.188. The minimum absolute atomic E-state index is 0.284. The monoisotopic (exact) mass is 270 g/mol. The second-order valence-electron chi connectivity index (χ2n) is 4.88. The Morgan fingerprint density at radius 1 is 1.10 bits per heavy atom. The van der Waals surface area contributed by atoms with Crippen molar-refractivity contribution in [3.05, 3.63) is 53.6 Å². The Labute approximate surface area is 116 Å². The number of hydrogen-bond acceptors (Lipinski definition) is 2. The summed E-state index contributed by atoms with van der Waals surface area (Å²) in [4.78, 5) is 4.52. The Balaban J connectivity index is 2.22. The van der Waals surface area contributed by atoms with Crippen LogP contribution >= 0.6 is 0 Å². The Morgan fingerprint density at radius 2 is 1.85 bits per heavy atom. The van der Waals surface area contributed by atoms with Crippen LogP contribution in [-0.4, -0.2) is 16.5 Å². The SMILES string of the molecule is COc1cc(C)c(C)cc1-c1cn2cc(F)ccc2n1. The lowest BCUT2D eigenvalue weighted by Crippen LogP contribution is -1.91. The highest BCUT2D eigenvalue weighted by Crippen LogP contribution is 2.32. The number of nitrogens with zero attached hydrogens (tertiary/aromatic N) is 2. The number of hydrogen-bond donors (Lipinski definition) is 0. The van der Waals surface area contributed by atoms with Crippen molar-refractivity contribution in [2.45, 2.75) is 13.8 Å². The van der Waals surface area contributed by atoms with Crippen molar-refractivity contribution in [2.24, 2.45) is 0 Å². The molecule has 0 aliphatic heterocycles. The molecule has 0 fully saturated rings. The normalized spacial score (nSPS) is 11.0. The number of aromatic nitrogens is 2. The van der Waals surface area contributed by atoms with E-state index in [0.29, 0.717) is 5.65 Å². The molecule has 0 unspecified atom stereocenters. The van der Waals surface area contributed by atoms with Crippen LogP contribution in [0, 0.1) is 19.7 Å². The van der Waals surface area contributed by atoms with Crippen molar-refractivity contribution in [1.82, 2.24) is 9.38 Å². The molecule has 0 atom stereocenters. The van der Waals surface area contributed by atoms with E-state index in [2.05, 4.69) is 4.98 Å². The van der Waals surface area contributed by atoms with E-state index < -0.39 is 0 Å². The van der Waals surface area contributed by atoms with Gasteiger partial charge in [-0.2, -0.15) is 0 Å². The van der Waals surface area contributed by atoms with Gasteiger partial charge in [0.05, 0.1) is 12.8 Å². The molecule has 1 aromatic carbocycles. The van der Waals surface area contributed by atoms with Crippen LogP contribution in [0.1, 0.15) is 11.1 Å². The second-order valence-corrected chi connectivity index (χ2v) is 4.88. The minimum Gasteiger partial charge on any atom is -0.496 e. The highest BCUT2D eigenvalue weighted by atomic mass is 19.1. The van der Waals surface area contributed by atoms with Crippen molar-refractivity contribution < 1.29 is 9.13 Å². The average Bonchev–Trinajstić information content (AvgIpc) is 2.84. The first-order valence-corrected chi connectivity index (χ1v) is 6.38. The van der Waals surface area contributed by atoms with Crippen molar-refractivity contribution in [2.75, 3.05) is 7.11 Å². The summed E-state index contributed by atoms with van der Waals surface area (Å²) in [6, 6.07) is 7.11. The van der Waals surface area contributed by atoms with Crippen LogP contribution < -0.4 is 4.74 Å². The molecule has 4 heteroatoms. The fourth-order valence-electron chi connectivity index (χ4n) is 2.25. The summed E-state index contributed by atoms with van der Waals surface area (Å²) in [5.74, 6) is 0.491. The van der Waals surface area contributed by atoms with Gasteiger partial charge in [-0.05, 0) is 49.2 Å².